The second kappa shape index (κ2) is 8.91. The molecule has 112 valence electrons. The van der Waals surface area contributed by atoms with E-state index in [1.165, 1.54) is 12.3 Å². The van der Waals surface area contributed by atoms with Crippen LogP contribution in [0.5, 0.6) is 5.75 Å². The smallest absolute Gasteiger partial charge is 0.249 e. The Bertz CT molecular complexity index is 558. The normalized spacial score (nSPS) is 10.2. The van der Waals surface area contributed by atoms with E-state index in [1.807, 2.05) is 6.07 Å². The monoisotopic (exact) mass is 353 g/mol. The Labute approximate surface area is 131 Å². The predicted octanol–water partition coefficient (Wildman–Crippen LogP) is 1.60. The summed E-state index contributed by atoms with van der Waals surface area (Å²) in [5, 5.41) is 6.30. The van der Waals surface area contributed by atoms with Gasteiger partial charge in [-0.2, -0.15) is 5.10 Å². The summed E-state index contributed by atoms with van der Waals surface area (Å²) in [7, 11) is 1.54. The van der Waals surface area contributed by atoms with Crippen LogP contribution in [0.3, 0.4) is 0 Å². The number of hydrazone groups is 1. The molecule has 0 radical (unpaired) electrons. The number of hydrogen-bond acceptors (Lipinski definition) is 4. The molecule has 1 aromatic rings. The van der Waals surface area contributed by atoms with Crippen molar-refractivity contribution >= 4 is 34.0 Å². The van der Waals surface area contributed by atoms with Gasteiger partial charge in [-0.05, 0) is 18.2 Å². The third-order valence-electron chi connectivity index (χ3n) is 2.35. The quantitative estimate of drug-likeness (QED) is 0.338. The van der Waals surface area contributed by atoms with Crippen molar-refractivity contribution in [3.8, 4) is 5.75 Å². The van der Waals surface area contributed by atoms with Crippen LogP contribution in [-0.2, 0) is 9.59 Å². The molecule has 6 nitrogen and oxygen atoms in total. The maximum Gasteiger partial charge on any atom is 0.249 e. The lowest BCUT2D eigenvalue weighted by Gasteiger charge is -2.04. The van der Waals surface area contributed by atoms with Gasteiger partial charge in [0.2, 0.25) is 11.8 Å². The minimum atomic E-state index is -0.498. The first kappa shape index (κ1) is 16.9. The number of hydrogen-bond donors (Lipinski definition) is 2. The molecule has 7 heteroatoms. The maximum absolute atomic E-state index is 11.5. The van der Waals surface area contributed by atoms with Gasteiger partial charge < -0.3 is 10.1 Å². The van der Waals surface area contributed by atoms with Gasteiger partial charge in [-0.15, -0.1) is 6.58 Å². The molecule has 0 atom stereocenters. The molecule has 2 N–H and O–H groups in total. The lowest BCUT2D eigenvalue weighted by atomic mass is 10.2. The van der Waals surface area contributed by atoms with Gasteiger partial charge in [-0.1, -0.05) is 22.0 Å². The molecule has 0 saturated carbocycles. The van der Waals surface area contributed by atoms with E-state index in [2.05, 4.69) is 38.4 Å². The molecule has 0 bridgehead atoms. The van der Waals surface area contributed by atoms with Gasteiger partial charge in [-0.3, -0.25) is 9.59 Å². The Hall–Kier alpha value is -2.15. The number of rotatable bonds is 7. The van der Waals surface area contributed by atoms with E-state index in [0.717, 1.165) is 4.47 Å². The summed E-state index contributed by atoms with van der Waals surface area (Å²) < 4.78 is 6.03. The zero-order valence-corrected chi connectivity index (χ0v) is 13.1. The Balaban J connectivity index is 2.54. The third kappa shape index (κ3) is 6.22. The Kier molecular flexibility index (Phi) is 7.17. The van der Waals surface area contributed by atoms with Crippen LogP contribution in [-0.4, -0.2) is 31.7 Å². The van der Waals surface area contributed by atoms with Crippen molar-refractivity contribution in [1.82, 2.24) is 10.7 Å². The van der Waals surface area contributed by atoms with E-state index in [9.17, 15) is 9.59 Å². The lowest BCUT2D eigenvalue weighted by Crippen LogP contribution is -2.29. The average molecular weight is 354 g/mol. The SMILES string of the molecule is C=CCNC(=O)CC(=O)N/N=C/c1cc(Br)ccc1OC. The Morgan fingerprint density at radius 2 is 2.19 bits per heavy atom. The second-order valence-electron chi connectivity index (χ2n) is 3.95. The zero-order valence-electron chi connectivity index (χ0n) is 11.6. The fourth-order valence-corrected chi connectivity index (χ4v) is 1.79. The fourth-order valence-electron chi connectivity index (χ4n) is 1.41. The molecule has 0 aliphatic rings. The predicted molar refractivity (Wildman–Crippen MR) is 84.3 cm³/mol. The molecular formula is C14H16BrN3O3. The summed E-state index contributed by atoms with van der Waals surface area (Å²) in [6.07, 6.45) is 2.69. The fraction of sp³-hybridized carbons (Fsp3) is 0.214. The lowest BCUT2D eigenvalue weighted by molar-refractivity contribution is -0.129. The van der Waals surface area contributed by atoms with Gasteiger partial charge in [0.15, 0.2) is 0 Å². The summed E-state index contributed by atoms with van der Waals surface area (Å²) >= 11 is 3.34. The van der Waals surface area contributed by atoms with Crippen LogP contribution in [0.25, 0.3) is 0 Å². The summed E-state index contributed by atoms with van der Waals surface area (Å²) in [6, 6.07) is 5.40. The van der Waals surface area contributed by atoms with Gasteiger partial charge in [0.25, 0.3) is 0 Å². The summed E-state index contributed by atoms with van der Waals surface area (Å²) in [5.41, 5.74) is 2.98. The van der Waals surface area contributed by atoms with Crippen molar-refractivity contribution in [1.29, 1.82) is 0 Å². The Morgan fingerprint density at radius 1 is 1.43 bits per heavy atom. The van der Waals surface area contributed by atoms with E-state index in [-0.39, 0.29) is 12.3 Å². The van der Waals surface area contributed by atoms with Crippen molar-refractivity contribution in [3.63, 3.8) is 0 Å². The van der Waals surface area contributed by atoms with Gasteiger partial charge in [-0.25, -0.2) is 5.43 Å². The molecule has 0 heterocycles. The third-order valence-corrected chi connectivity index (χ3v) is 2.84. The molecule has 0 unspecified atom stereocenters. The highest BCUT2D eigenvalue weighted by Gasteiger charge is 2.07. The number of nitrogens with zero attached hydrogens (tertiary/aromatic N) is 1. The molecule has 21 heavy (non-hydrogen) atoms. The standard InChI is InChI=1S/C14H16BrN3O3/c1-3-6-16-13(19)8-14(20)18-17-9-10-7-11(15)4-5-12(10)21-2/h3-5,7,9H,1,6,8H2,2H3,(H,16,19)(H,18,20)/b17-9+. The van der Waals surface area contributed by atoms with Crippen LogP contribution >= 0.6 is 15.9 Å². The molecule has 0 spiro atoms. The van der Waals surface area contributed by atoms with Crippen LogP contribution in [0.15, 0.2) is 40.4 Å². The summed E-state index contributed by atoms with van der Waals surface area (Å²) in [4.78, 5) is 22.8. The number of carbonyl (C=O) groups excluding carboxylic acids is 2. The summed E-state index contributed by atoms with van der Waals surface area (Å²) in [6.45, 7) is 3.79. The summed E-state index contributed by atoms with van der Waals surface area (Å²) in [5.74, 6) is -0.260. The number of methoxy groups -OCH3 is 1. The first-order valence-electron chi connectivity index (χ1n) is 6.10. The van der Waals surface area contributed by atoms with Crippen molar-refractivity contribution in [2.75, 3.05) is 13.7 Å². The highest BCUT2D eigenvalue weighted by Crippen LogP contribution is 2.21. The molecule has 0 aliphatic carbocycles. The van der Waals surface area contributed by atoms with E-state index in [1.54, 1.807) is 19.2 Å². The van der Waals surface area contributed by atoms with Gasteiger partial charge >= 0.3 is 0 Å². The number of carbonyl (C=O) groups is 2. The van der Waals surface area contributed by atoms with E-state index < -0.39 is 5.91 Å². The number of amides is 2. The van der Waals surface area contributed by atoms with Crippen LogP contribution in [0.1, 0.15) is 12.0 Å². The second-order valence-corrected chi connectivity index (χ2v) is 4.86. The van der Waals surface area contributed by atoms with Gasteiger partial charge in [0.1, 0.15) is 12.2 Å². The molecule has 1 aromatic carbocycles. The number of benzene rings is 1. The molecule has 0 aromatic heterocycles. The topological polar surface area (TPSA) is 79.8 Å². The molecular weight excluding hydrogens is 338 g/mol. The van der Waals surface area contributed by atoms with E-state index in [0.29, 0.717) is 17.9 Å². The van der Waals surface area contributed by atoms with Crippen molar-refractivity contribution in [3.05, 3.63) is 40.9 Å². The largest absolute Gasteiger partial charge is 0.496 e. The maximum atomic E-state index is 11.5. The van der Waals surface area contributed by atoms with E-state index in [4.69, 9.17) is 4.74 Å². The molecule has 0 fully saturated rings. The number of halogens is 1. The first-order valence-corrected chi connectivity index (χ1v) is 6.89. The zero-order chi connectivity index (χ0) is 15.7. The van der Waals surface area contributed by atoms with Crippen LogP contribution in [0, 0.1) is 0 Å². The highest BCUT2D eigenvalue weighted by atomic mass is 79.9. The van der Waals surface area contributed by atoms with Gasteiger partial charge in [0, 0.05) is 16.6 Å². The minimum Gasteiger partial charge on any atom is -0.496 e. The van der Waals surface area contributed by atoms with E-state index >= 15 is 0 Å². The van der Waals surface area contributed by atoms with Gasteiger partial charge in [0.05, 0.1) is 13.3 Å². The molecule has 2 amide bonds. The highest BCUT2D eigenvalue weighted by molar-refractivity contribution is 9.10. The van der Waals surface area contributed by atoms with Crippen molar-refractivity contribution < 1.29 is 14.3 Å². The van der Waals surface area contributed by atoms with Crippen LogP contribution < -0.4 is 15.5 Å². The van der Waals surface area contributed by atoms with Crippen molar-refractivity contribution in [2.24, 2.45) is 5.10 Å². The van der Waals surface area contributed by atoms with Crippen LogP contribution in [0.2, 0.25) is 0 Å². The molecule has 0 saturated heterocycles. The number of nitrogens with one attached hydrogen (secondary N) is 2. The van der Waals surface area contributed by atoms with Crippen molar-refractivity contribution in [2.45, 2.75) is 6.42 Å². The Morgan fingerprint density at radius 3 is 2.86 bits per heavy atom. The first-order chi connectivity index (χ1) is 10.1. The van der Waals surface area contributed by atoms with Crippen LogP contribution in [0.4, 0.5) is 0 Å². The molecule has 0 aliphatic heterocycles. The molecule has 1 rings (SSSR count). The average Bonchev–Trinajstić information content (AvgIpc) is 2.45. The minimum absolute atomic E-state index is 0.291. The number of ether oxygens (including phenoxy) is 1.